The molecule has 18 heavy (non-hydrogen) atoms. The molecule has 1 heterocycles. The highest BCUT2D eigenvalue weighted by atomic mass is 15.2. The van der Waals surface area contributed by atoms with E-state index in [9.17, 15) is 0 Å². The predicted octanol–water partition coefficient (Wildman–Crippen LogP) is 2.45. The van der Waals surface area contributed by atoms with Crippen LogP contribution in [0, 0.1) is 23.2 Å². The lowest BCUT2D eigenvalue weighted by Crippen LogP contribution is -2.54. The number of nitrogens with zero attached hydrogens (tertiary/aromatic N) is 2. The van der Waals surface area contributed by atoms with Crippen LogP contribution in [0.2, 0.25) is 0 Å². The minimum absolute atomic E-state index is 0.755. The van der Waals surface area contributed by atoms with Crippen LogP contribution in [0.1, 0.15) is 38.5 Å². The summed E-state index contributed by atoms with van der Waals surface area (Å²) in [4.78, 5) is 5.27. The first-order valence-electron chi connectivity index (χ1n) is 8.12. The fourth-order valence-corrected chi connectivity index (χ4v) is 5.96. The Balaban J connectivity index is 1.44. The predicted molar refractivity (Wildman–Crippen MR) is 74.5 cm³/mol. The third kappa shape index (κ3) is 2.02. The van der Waals surface area contributed by atoms with Gasteiger partial charge in [-0.25, -0.2) is 0 Å². The van der Waals surface area contributed by atoms with Crippen LogP contribution in [0.25, 0.3) is 0 Å². The van der Waals surface area contributed by atoms with Crippen molar-refractivity contribution in [3.05, 3.63) is 0 Å². The maximum atomic E-state index is 2.78. The molecular formula is C16H28N2. The van der Waals surface area contributed by atoms with Crippen molar-refractivity contribution in [1.82, 2.24) is 9.80 Å². The molecule has 5 rings (SSSR count). The SMILES string of the molecule is CN1CCN(CC23CC4CC(CC(C4)C2)C3)CC1. The Hall–Kier alpha value is -0.0800. The summed E-state index contributed by atoms with van der Waals surface area (Å²) in [5.41, 5.74) is 0.755. The molecule has 4 bridgehead atoms. The van der Waals surface area contributed by atoms with Crippen molar-refractivity contribution >= 4 is 0 Å². The first kappa shape index (κ1) is 11.7. The van der Waals surface area contributed by atoms with Crippen molar-refractivity contribution in [3.63, 3.8) is 0 Å². The molecular weight excluding hydrogens is 220 g/mol. The number of piperazine rings is 1. The molecule has 4 saturated carbocycles. The van der Waals surface area contributed by atoms with E-state index in [4.69, 9.17) is 0 Å². The first-order valence-corrected chi connectivity index (χ1v) is 8.12. The van der Waals surface area contributed by atoms with Crippen LogP contribution >= 0.6 is 0 Å². The van der Waals surface area contributed by atoms with Crippen LogP contribution in [0.5, 0.6) is 0 Å². The van der Waals surface area contributed by atoms with Crippen LogP contribution < -0.4 is 0 Å². The summed E-state index contributed by atoms with van der Waals surface area (Å²) >= 11 is 0. The Morgan fingerprint density at radius 2 is 1.33 bits per heavy atom. The summed E-state index contributed by atoms with van der Waals surface area (Å²) in [6.45, 7) is 6.64. The van der Waals surface area contributed by atoms with Gasteiger partial charge in [0.1, 0.15) is 0 Å². The van der Waals surface area contributed by atoms with E-state index in [0.717, 1.165) is 23.2 Å². The van der Waals surface area contributed by atoms with E-state index in [1.807, 2.05) is 0 Å². The standard InChI is InChI=1S/C16H28N2/c1-17-2-4-18(5-3-17)12-16-9-13-6-14(10-16)8-15(7-13)11-16/h13-15H,2-12H2,1H3. The average molecular weight is 248 g/mol. The Kier molecular flexibility index (Phi) is 2.74. The molecule has 0 aromatic carbocycles. The fraction of sp³-hybridized carbons (Fsp3) is 1.00. The minimum Gasteiger partial charge on any atom is -0.304 e. The summed E-state index contributed by atoms with van der Waals surface area (Å²) in [5.74, 6) is 3.34. The Bertz CT molecular complexity index is 282. The van der Waals surface area contributed by atoms with E-state index < -0.39 is 0 Å². The van der Waals surface area contributed by atoms with Gasteiger partial charge in [-0.2, -0.15) is 0 Å². The van der Waals surface area contributed by atoms with Gasteiger partial charge in [0.15, 0.2) is 0 Å². The molecule has 0 N–H and O–H groups in total. The Morgan fingerprint density at radius 3 is 1.83 bits per heavy atom. The van der Waals surface area contributed by atoms with E-state index in [0.29, 0.717) is 0 Å². The van der Waals surface area contributed by atoms with Crippen LogP contribution in [0.4, 0.5) is 0 Å². The zero-order chi connectivity index (χ0) is 12.2. The molecule has 0 aromatic rings. The normalized spacial score (nSPS) is 48.8. The second-order valence-corrected chi connectivity index (χ2v) is 8.00. The topological polar surface area (TPSA) is 6.48 Å². The number of likely N-dealkylation sites (N-methyl/N-ethyl adjacent to an activating group) is 1. The molecule has 2 heteroatoms. The maximum absolute atomic E-state index is 2.78. The van der Waals surface area contributed by atoms with Gasteiger partial charge in [-0.05, 0) is 68.7 Å². The lowest BCUT2D eigenvalue weighted by Gasteiger charge is -2.58. The molecule has 0 atom stereocenters. The zero-order valence-electron chi connectivity index (χ0n) is 11.9. The Morgan fingerprint density at radius 1 is 0.833 bits per heavy atom. The largest absolute Gasteiger partial charge is 0.304 e. The van der Waals surface area contributed by atoms with Crippen molar-refractivity contribution in [3.8, 4) is 0 Å². The average Bonchev–Trinajstić information content (AvgIpc) is 2.30. The highest BCUT2D eigenvalue weighted by Gasteiger charge is 2.51. The van der Waals surface area contributed by atoms with Crippen LogP contribution in [-0.4, -0.2) is 49.6 Å². The number of hydrogen-bond donors (Lipinski definition) is 0. The molecule has 0 amide bonds. The van der Waals surface area contributed by atoms with Crippen LogP contribution in [0.3, 0.4) is 0 Å². The summed E-state index contributed by atoms with van der Waals surface area (Å²) < 4.78 is 0. The summed E-state index contributed by atoms with van der Waals surface area (Å²) in [6, 6.07) is 0. The molecule has 0 spiro atoms. The van der Waals surface area contributed by atoms with Crippen molar-refractivity contribution in [2.45, 2.75) is 38.5 Å². The van der Waals surface area contributed by atoms with E-state index in [1.54, 1.807) is 38.5 Å². The van der Waals surface area contributed by atoms with E-state index in [1.165, 1.54) is 32.7 Å². The molecule has 0 unspecified atom stereocenters. The first-order chi connectivity index (χ1) is 8.71. The van der Waals surface area contributed by atoms with Gasteiger partial charge in [0, 0.05) is 32.7 Å². The minimum atomic E-state index is 0.755. The van der Waals surface area contributed by atoms with E-state index >= 15 is 0 Å². The van der Waals surface area contributed by atoms with E-state index in [2.05, 4.69) is 16.8 Å². The number of hydrogen-bond acceptors (Lipinski definition) is 2. The van der Waals surface area contributed by atoms with Crippen molar-refractivity contribution in [2.24, 2.45) is 23.2 Å². The summed E-state index contributed by atoms with van der Waals surface area (Å²) in [6.07, 6.45) is 9.48. The van der Waals surface area contributed by atoms with Gasteiger partial charge in [-0.15, -0.1) is 0 Å². The van der Waals surface area contributed by atoms with Gasteiger partial charge >= 0.3 is 0 Å². The van der Waals surface area contributed by atoms with Crippen molar-refractivity contribution < 1.29 is 0 Å². The molecule has 4 aliphatic carbocycles. The monoisotopic (exact) mass is 248 g/mol. The second-order valence-electron chi connectivity index (χ2n) is 8.00. The molecule has 2 nitrogen and oxygen atoms in total. The quantitative estimate of drug-likeness (QED) is 0.740. The van der Waals surface area contributed by atoms with Gasteiger partial charge < -0.3 is 9.80 Å². The Labute approximate surface area is 112 Å². The lowest BCUT2D eigenvalue weighted by molar-refractivity contribution is -0.0729. The highest BCUT2D eigenvalue weighted by Crippen LogP contribution is 2.60. The smallest absolute Gasteiger partial charge is 0.0110 e. The lowest BCUT2D eigenvalue weighted by atomic mass is 9.49. The molecule has 102 valence electrons. The number of rotatable bonds is 2. The molecule has 1 aliphatic heterocycles. The molecule has 0 aromatic heterocycles. The highest BCUT2D eigenvalue weighted by molar-refractivity contribution is 5.02. The van der Waals surface area contributed by atoms with Gasteiger partial charge in [0.05, 0.1) is 0 Å². The van der Waals surface area contributed by atoms with Gasteiger partial charge in [-0.1, -0.05) is 0 Å². The summed E-state index contributed by atoms with van der Waals surface area (Å²) in [5, 5.41) is 0. The molecule has 0 radical (unpaired) electrons. The third-order valence-corrected chi connectivity index (χ3v) is 6.32. The van der Waals surface area contributed by atoms with Crippen molar-refractivity contribution in [1.29, 1.82) is 0 Å². The maximum Gasteiger partial charge on any atom is 0.0110 e. The summed E-state index contributed by atoms with van der Waals surface area (Å²) in [7, 11) is 2.27. The molecule has 5 fully saturated rings. The van der Waals surface area contributed by atoms with Crippen molar-refractivity contribution in [2.75, 3.05) is 39.8 Å². The fourth-order valence-electron chi connectivity index (χ4n) is 5.96. The third-order valence-electron chi connectivity index (χ3n) is 6.32. The van der Waals surface area contributed by atoms with Crippen LogP contribution in [0.15, 0.2) is 0 Å². The van der Waals surface area contributed by atoms with Crippen LogP contribution in [-0.2, 0) is 0 Å². The molecule has 5 aliphatic rings. The van der Waals surface area contributed by atoms with Gasteiger partial charge in [0.2, 0.25) is 0 Å². The van der Waals surface area contributed by atoms with Gasteiger partial charge in [0.25, 0.3) is 0 Å². The van der Waals surface area contributed by atoms with E-state index in [-0.39, 0.29) is 0 Å². The second kappa shape index (κ2) is 4.21. The zero-order valence-corrected chi connectivity index (χ0v) is 11.9. The molecule has 1 saturated heterocycles. The van der Waals surface area contributed by atoms with Gasteiger partial charge in [-0.3, -0.25) is 0 Å².